The van der Waals surface area contributed by atoms with Crippen molar-refractivity contribution in [2.45, 2.75) is 25.3 Å². The third kappa shape index (κ3) is 5.34. The van der Waals surface area contributed by atoms with Gasteiger partial charge in [-0.3, -0.25) is 9.97 Å². The van der Waals surface area contributed by atoms with Crippen molar-refractivity contribution in [3.05, 3.63) is 84.4 Å². The highest BCUT2D eigenvalue weighted by atomic mass is 16.5. The van der Waals surface area contributed by atoms with Gasteiger partial charge in [-0.05, 0) is 60.7 Å². The van der Waals surface area contributed by atoms with Crippen molar-refractivity contribution in [1.82, 2.24) is 14.9 Å². The van der Waals surface area contributed by atoms with Crippen molar-refractivity contribution in [3.8, 4) is 5.75 Å². The van der Waals surface area contributed by atoms with Crippen LogP contribution in [0.15, 0.2) is 83.3 Å². The van der Waals surface area contributed by atoms with E-state index in [1.165, 1.54) is 11.1 Å². The molecular formula is C29H32N6O2. The van der Waals surface area contributed by atoms with Gasteiger partial charge < -0.3 is 19.3 Å². The summed E-state index contributed by atoms with van der Waals surface area (Å²) in [6, 6.07) is 16.6. The molecule has 1 aromatic carbocycles. The van der Waals surface area contributed by atoms with Gasteiger partial charge in [0.25, 0.3) is 0 Å². The van der Waals surface area contributed by atoms with Crippen molar-refractivity contribution in [2.75, 3.05) is 44.4 Å². The molecule has 0 aliphatic carbocycles. The normalized spacial score (nSPS) is 21.3. The number of aromatic nitrogens is 2. The number of fused-ring (bicyclic) bond motifs is 1. The molecule has 3 aliphatic heterocycles. The van der Waals surface area contributed by atoms with E-state index >= 15 is 0 Å². The van der Waals surface area contributed by atoms with E-state index in [4.69, 9.17) is 19.5 Å². The number of morpholine rings is 1. The van der Waals surface area contributed by atoms with Crippen molar-refractivity contribution in [1.29, 1.82) is 0 Å². The number of pyridine rings is 2. The second kappa shape index (κ2) is 11.1. The zero-order valence-electron chi connectivity index (χ0n) is 20.9. The summed E-state index contributed by atoms with van der Waals surface area (Å²) in [5, 5.41) is 0. The molecule has 0 N–H and O–H groups in total. The number of amidine groups is 1. The van der Waals surface area contributed by atoms with Gasteiger partial charge in [-0.2, -0.15) is 4.99 Å². The molecule has 3 aliphatic rings. The van der Waals surface area contributed by atoms with Gasteiger partial charge in [-0.15, -0.1) is 0 Å². The second-order valence-electron chi connectivity index (χ2n) is 9.58. The van der Waals surface area contributed by atoms with Crippen LogP contribution in [0, 0.1) is 5.92 Å². The number of anilines is 1. The maximum atomic E-state index is 6.16. The maximum absolute atomic E-state index is 6.16. The third-order valence-corrected chi connectivity index (χ3v) is 7.19. The van der Waals surface area contributed by atoms with Gasteiger partial charge in [-0.25, -0.2) is 4.99 Å². The number of guanidine groups is 1. The molecule has 2 fully saturated rings. The first-order valence-electron chi connectivity index (χ1n) is 13.1. The molecule has 0 bridgehead atoms. The van der Waals surface area contributed by atoms with Crippen LogP contribution >= 0.6 is 0 Å². The Balaban J connectivity index is 1.22. The number of hydrogen-bond acceptors (Lipinski definition) is 8. The van der Waals surface area contributed by atoms with E-state index in [1.807, 2.05) is 30.7 Å². The molecule has 0 saturated carbocycles. The number of ether oxygens (including phenoxy) is 2. The lowest BCUT2D eigenvalue weighted by Gasteiger charge is -2.34. The number of nitrogens with zero attached hydrogens (tertiary/aromatic N) is 6. The molecule has 37 heavy (non-hydrogen) atoms. The molecule has 8 nitrogen and oxygen atoms in total. The monoisotopic (exact) mass is 496 g/mol. The molecule has 2 saturated heterocycles. The van der Waals surface area contributed by atoms with Gasteiger partial charge in [-0.1, -0.05) is 18.2 Å². The minimum Gasteiger partial charge on any atom is -0.494 e. The van der Waals surface area contributed by atoms with Crippen LogP contribution in [-0.2, 0) is 11.2 Å². The van der Waals surface area contributed by atoms with Crippen molar-refractivity contribution >= 4 is 17.5 Å². The van der Waals surface area contributed by atoms with Crippen LogP contribution in [0.4, 0.5) is 5.69 Å². The largest absolute Gasteiger partial charge is 0.494 e. The highest BCUT2D eigenvalue weighted by Crippen LogP contribution is 2.40. The van der Waals surface area contributed by atoms with Crippen molar-refractivity contribution in [3.63, 3.8) is 0 Å². The van der Waals surface area contributed by atoms with E-state index in [0.29, 0.717) is 19.8 Å². The van der Waals surface area contributed by atoms with Crippen LogP contribution in [0.25, 0.3) is 0 Å². The summed E-state index contributed by atoms with van der Waals surface area (Å²) in [4.78, 5) is 23.3. The number of rotatable bonds is 7. The highest BCUT2D eigenvalue weighted by Gasteiger charge is 2.40. The summed E-state index contributed by atoms with van der Waals surface area (Å²) < 4.78 is 11.7. The quantitative estimate of drug-likeness (QED) is 0.458. The Kier molecular flexibility index (Phi) is 7.07. The first-order valence-corrected chi connectivity index (χ1v) is 13.1. The van der Waals surface area contributed by atoms with Gasteiger partial charge in [0.1, 0.15) is 11.6 Å². The van der Waals surface area contributed by atoms with Crippen molar-refractivity contribution < 1.29 is 9.47 Å². The Morgan fingerprint density at radius 1 is 0.946 bits per heavy atom. The first kappa shape index (κ1) is 23.6. The number of benzene rings is 1. The number of hydrogen-bond donors (Lipinski definition) is 0. The summed E-state index contributed by atoms with van der Waals surface area (Å²) in [6.07, 6.45) is 10.3. The molecule has 190 valence electrons. The Labute approximate surface area is 217 Å². The molecule has 0 radical (unpaired) electrons. The zero-order valence-corrected chi connectivity index (χ0v) is 20.9. The lowest BCUT2D eigenvalue weighted by molar-refractivity contribution is 0.0672. The molecule has 3 aromatic rings. The molecule has 0 amide bonds. The van der Waals surface area contributed by atoms with Crippen LogP contribution in [0.5, 0.6) is 5.75 Å². The smallest absolute Gasteiger partial charge is 0.223 e. The van der Waals surface area contributed by atoms with E-state index in [2.05, 4.69) is 56.2 Å². The lowest BCUT2D eigenvalue weighted by Crippen LogP contribution is -2.44. The fourth-order valence-electron chi connectivity index (χ4n) is 5.31. The minimum atomic E-state index is -0.00359. The van der Waals surface area contributed by atoms with Gasteiger partial charge in [0.05, 0.1) is 25.9 Å². The Morgan fingerprint density at radius 2 is 1.84 bits per heavy atom. The fraction of sp³-hybridized carbons (Fsp3) is 0.379. The standard InChI is InChI=1S/C29H32N6O2/c1-6-23(20-25(7-1)37-17-3-5-22-4-2-11-31-21-22)27-26-10-14-35(24-8-12-30-13-9-24)28(26)33-29(32-27)34-15-18-36-19-16-34/h1-2,4,6-9,11-13,20-21,26-27H,3,5,10,14-19H2. The minimum absolute atomic E-state index is 0.00359. The van der Waals surface area contributed by atoms with Crippen LogP contribution in [0.1, 0.15) is 30.0 Å². The Hall–Kier alpha value is -3.78. The summed E-state index contributed by atoms with van der Waals surface area (Å²) in [6.45, 7) is 4.60. The lowest BCUT2D eigenvalue weighted by atomic mass is 9.91. The molecule has 2 unspecified atom stereocenters. The van der Waals surface area contributed by atoms with E-state index in [9.17, 15) is 0 Å². The molecule has 6 rings (SSSR count). The topological polar surface area (TPSA) is 75.4 Å². The van der Waals surface area contributed by atoms with Gasteiger partial charge in [0, 0.05) is 56.0 Å². The first-order chi connectivity index (χ1) is 18.3. The molecule has 2 aromatic heterocycles. The average molecular weight is 497 g/mol. The predicted octanol–water partition coefficient (Wildman–Crippen LogP) is 4.16. The third-order valence-electron chi connectivity index (χ3n) is 7.19. The summed E-state index contributed by atoms with van der Waals surface area (Å²) in [5.41, 5.74) is 3.53. The maximum Gasteiger partial charge on any atom is 0.223 e. The number of aliphatic imine (C=N–C) groups is 2. The predicted molar refractivity (Wildman–Crippen MR) is 144 cm³/mol. The van der Waals surface area contributed by atoms with Crippen LogP contribution < -0.4 is 9.64 Å². The zero-order chi connectivity index (χ0) is 24.9. The van der Waals surface area contributed by atoms with Crippen LogP contribution in [0.2, 0.25) is 0 Å². The summed E-state index contributed by atoms with van der Waals surface area (Å²) in [5.74, 6) is 3.01. The molecule has 0 spiro atoms. The van der Waals surface area contributed by atoms with Crippen LogP contribution in [0.3, 0.4) is 0 Å². The van der Waals surface area contributed by atoms with E-state index in [-0.39, 0.29) is 12.0 Å². The summed E-state index contributed by atoms with van der Waals surface area (Å²) in [7, 11) is 0. The fourth-order valence-corrected chi connectivity index (χ4v) is 5.31. The number of aryl methyl sites for hydroxylation is 1. The van der Waals surface area contributed by atoms with Gasteiger partial charge in [0.15, 0.2) is 0 Å². The van der Waals surface area contributed by atoms with Crippen LogP contribution in [-0.4, -0.2) is 66.1 Å². The molecular weight excluding hydrogens is 464 g/mol. The molecule has 2 atom stereocenters. The molecule has 8 heteroatoms. The summed E-state index contributed by atoms with van der Waals surface area (Å²) >= 11 is 0. The Bertz CT molecular complexity index is 1240. The van der Waals surface area contributed by atoms with Crippen molar-refractivity contribution in [2.24, 2.45) is 15.9 Å². The van der Waals surface area contributed by atoms with E-state index in [1.54, 1.807) is 6.20 Å². The van der Waals surface area contributed by atoms with E-state index in [0.717, 1.165) is 62.1 Å². The SMILES string of the molecule is c1cncc(CCCOc2cccc(C3N=C(N4CCOCC4)N=C4C3CCN4c3ccncc3)c2)c1. The highest BCUT2D eigenvalue weighted by molar-refractivity contribution is 6.09. The van der Waals surface area contributed by atoms with Gasteiger partial charge in [0.2, 0.25) is 5.96 Å². The molecule has 5 heterocycles. The average Bonchev–Trinajstić information content (AvgIpc) is 3.41. The Morgan fingerprint density at radius 3 is 2.68 bits per heavy atom. The second-order valence-corrected chi connectivity index (χ2v) is 9.58. The van der Waals surface area contributed by atoms with Gasteiger partial charge >= 0.3 is 0 Å². The van der Waals surface area contributed by atoms with E-state index < -0.39 is 0 Å².